The molecule has 1 aromatic heterocycles. The third kappa shape index (κ3) is 2.88. The molecule has 2 amide bonds. The number of nitrogens with zero attached hydrogens (tertiary/aromatic N) is 2. The smallest absolute Gasteiger partial charge is 0.459 e. The van der Waals surface area contributed by atoms with Crippen LogP contribution >= 0.6 is 0 Å². The van der Waals surface area contributed by atoms with Gasteiger partial charge in [-0.25, -0.2) is 0 Å². The standard InChI is InChI=1S/C11H11F3N2O3/c12-11(13,14)10(18)16-5-3-15(4-6-16)9(17)8-2-1-7-19-8/h1-2,7H,3-6H2. The number of hydrogen-bond donors (Lipinski definition) is 0. The van der Waals surface area contributed by atoms with E-state index in [-0.39, 0.29) is 37.8 Å². The summed E-state index contributed by atoms with van der Waals surface area (Å²) < 4.78 is 41.6. The summed E-state index contributed by atoms with van der Waals surface area (Å²) >= 11 is 0. The molecule has 0 atom stereocenters. The van der Waals surface area contributed by atoms with Gasteiger partial charge in [0.15, 0.2) is 5.76 Å². The van der Waals surface area contributed by atoms with Gasteiger partial charge in [-0.05, 0) is 12.1 Å². The van der Waals surface area contributed by atoms with Gasteiger partial charge in [0.1, 0.15) is 0 Å². The molecule has 0 unspecified atom stereocenters. The lowest BCUT2D eigenvalue weighted by Crippen LogP contribution is -2.53. The molecular formula is C11H11F3N2O3. The average Bonchev–Trinajstić information content (AvgIpc) is 2.90. The lowest BCUT2D eigenvalue weighted by Gasteiger charge is -2.34. The molecule has 104 valence electrons. The first-order valence-electron chi connectivity index (χ1n) is 5.58. The molecule has 8 heteroatoms. The Morgan fingerprint density at radius 2 is 1.68 bits per heavy atom. The summed E-state index contributed by atoms with van der Waals surface area (Å²) in [6, 6.07) is 3.03. The SMILES string of the molecule is O=C(c1ccco1)N1CCN(C(=O)C(F)(F)F)CC1. The van der Waals surface area contributed by atoms with Crippen LogP contribution in [0.15, 0.2) is 22.8 Å². The fraction of sp³-hybridized carbons (Fsp3) is 0.455. The van der Waals surface area contributed by atoms with Crippen molar-refractivity contribution < 1.29 is 27.2 Å². The number of alkyl halides is 3. The predicted octanol–water partition coefficient (Wildman–Crippen LogP) is 1.13. The molecule has 5 nitrogen and oxygen atoms in total. The third-order valence-electron chi connectivity index (χ3n) is 2.83. The van der Waals surface area contributed by atoms with Crippen LogP contribution in [0.2, 0.25) is 0 Å². The number of piperazine rings is 1. The maximum absolute atomic E-state index is 12.2. The maximum Gasteiger partial charge on any atom is 0.471 e. The molecule has 0 N–H and O–H groups in total. The molecule has 1 fully saturated rings. The minimum absolute atomic E-state index is 0.0569. The molecule has 1 aliphatic rings. The lowest BCUT2D eigenvalue weighted by molar-refractivity contribution is -0.186. The van der Waals surface area contributed by atoms with Gasteiger partial charge in [-0.3, -0.25) is 9.59 Å². The van der Waals surface area contributed by atoms with Crippen LogP contribution in [0.1, 0.15) is 10.6 Å². The van der Waals surface area contributed by atoms with E-state index >= 15 is 0 Å². The van der Waals surface area contributed by atoms with E-state index < -0.39 is 12.1 Å². The van der Waals surface area contributed by atoms with Crippen molar-refractivity contribution in [2.45, 2.75) is 6.18 Å². The average molecular weight is 276 g/mol. The molecule has 0 bridgehead atoms. The normalized spacial score (nSPS) is 16.6. The summed E-state index contributed by atoms with van der Waals surface area (Å²) in [5.41, 5.74) is 0. The lowest BCUT2D eigenvalue weighted by atomic mass is 10.2. The van der Waals surface area contributed by atoms with Crippen molar-refractivity contribution in [3.63, 3.8) is 0 Å². The Morgan fingerprint density at radius 3 is 2.16 bits per heavy atom. The van der Waals surface area contributed by atoms with Gasteiger partial charge in [0.2, 0.25) is 0 Å². The first-order valence-corrected chi connectivity index (χ1v) is 5.58. The molecule has 2 rings (SSSR count). The van der Waals surface area contributed by atoms with Gasteiger partial charge < -0.3 is 14.2 Å². The van der Waals surface area contributed by atoms with E-state index in [2.05, 4.69) is 0 Å². The van der Waals surface area contributed by atoms with Crippen LogP contribution in [0.3, 0.4) is 0 Å². The minimum atomic E-state index is -4.87. The molecule has 0 aliphatic carbocycles. The monoisotopic (exact) mass is 276 g/mol. The van der Waals surface area contributed by atoms with E-state index in [9.17, 15) is 22.8 Å². The first-order chi connectivity index (χ1) is 8.89. The Kier molecular flexibility index (Phi) is 3.50. The molecule has 1 aromatic rings. The Balaban J connectivity index is 1.93. The van der Waals surface area contributed by atoms with Crippen LogP contribution in [-0.4, -0.2) is 54.0 Å². The van der Waals surface area contributed by atoms with Gasteiger partial charge >= 0.3 is 12.1 Å². The van der Waals surface area contributed by atoms with Crippen LogP contribution in [-0.2, 0) is 4.79 Å². The fourth-order valence-corrected chi connectivity index (χ4v) is 1.85. The van der Waals surface area contributed by atoms with Crippen LogP contribution in [0, 0.1) is 0 Å². The molecule has 2 heterocycles. The highest BCUT2D eigenvalue weighted by atomic mass is 19.4. The molecule has 19 heavy (non-hydrogen) atoms. The number of rotatable bonds is 1. The second kappa shape index (κ2) is 4.94. The van der Waals surface area contributed by atoms with Crippen molar-refractivity contribution in [1.82, 2.24) is 9.80 Å². The Bertz CT molecular complexity index is 462. The van der Waals surface area contributed by atoms with Gasteiger partial charge in [0, 0.05) is 26.2 Å². The molecular weight excluding hydrogens is 265 g/mol. The Morgan fingerprint density at radius 1 is 1.11 bits per heavy atom. The highest BCUT2D eigenvalue weighted by Crippen LogP contribution is 2.20. The zero-order valence-corrected chi connectivity index (χ0v) is 9.81. The van der Waals surface area contributed by atoms with Crippen molar-refractivity contribution in [1.29, 1.82) is 0 Å². The van der Waals surface area contributed by atoms with E-state index in [0.717, 1.165) is 0 Å². The van der Waals surface area contributed by atoms with E-state index in [1.54, 1.807) is 6.07 Å². The summed E-state index contributed by atoms with van der Waals surface area (Å²) in [5, 5.41) is 0. The molecule has 0 aromatic carbocycles. The van der Waals surface area contributed by atoms with Crippen molar-refractivity contribution >= 4 is 11.8 Å². The van der Waals surface area contributed by atoms with Gasteiger partial charge in [-0.1, -0.05) is 0 Å². The molecule has 0 spiro atoms. The van der Waals surface area contributed by atoms with E-state index in [1.807, 2.05) is 0 Å². The minimum Gasteiger partial charge on any atom is -0.459 e. The van der Waals surface area contributed by atoms with Gasteiger partial charge in [-0.15, -0.1) is 0 Å². The number of carbonyl (C=O) groups excluding carboxylic acids is 2. The number of carbonyl (C=O) groups is 2. The highest BCUT2D eigenvalue weighted by Gasteiger charge is 2.43. The van der Waals surface area contributed by atoms with Crippen LogP contribution in [0.25, 0.3) is 0 Å². The zero-order valence-electron chi connectivity index (χ0n) is 9.81. The number of amides is 2. The highest BCUT2D eigenvalue weighted by molar-refractivity contribution is 5.91. The van der Waals surface area contributed by atoms with E-state index in [4.69, 9.17) is 4.42 Å². The van der Waals surface area contributed by atoms with E-state index in [0.29, 0.717) is 4.90 Å². The van der Waals surface area contributed by atoms with Crippen molar-refractivity contribution in [2.75, 3.05) is 26.2 Å². The van der Waals surface area contributed by atoms with Crippen molar-refractivity contribution in [2.24, 2.45) is 0 Å². The Hall–Kier alpha value is -1.99. The van der Waals surface area contributed by atoms with Crippen LogP contribution in [0.4, 0.5) is 13.2 Å². The van der Waals surface area contributed by atoms with Gasteiger partial charge in [-0.2, -0.15) is 13.2 Å². The largest absolute Gasteiger partial charge is 0.471 e. The van der Waals surface area contributed by atoms with Crippen LogP contribution in [0.5, 0.6) is 0 Å². The second-order valence-electron chi connectivity index (χ2n) is 4.06. The van der Waals surface area contributed by atoms with Gasteiger partial charge in [0.05, 0.1) is 6.26 Å². The molecule has 1 aliphatic heterocycles. The predicted molar refractivity (Wildman–Crippen MR) is 57.2 cm³/mol. The maximum atomic E-state index is 12.2. The van der Waals surface area contributed by atoms with Crippen molar-refractivity contribution in [3.8, 4) is 0 Å². The molecule has 0 radical (unpaired) electrons. The summed E-state index contributed by atoms with van der Waals surface area (Å²) in [6.07, 6.45) is -3.52. The van der Waals surface area contributed by atoms with Gasteiger partial charge in [0.25, 0.3) is 5.91 Å². The van der Waals surface area contributed by atoms with Crippen LogP contribution < -0.4 is 0 Å². The summed E-state index contributed by atoms with van der Waals surface area (Å²) in [4.78, 5) is 24.9. The summed E-state index contributed by atoms with van der Waals surface area (Å²) in [6.45, 7) is -0.154. The Labute approximate surface area is 106 Å². The topological polar surface area (TPSA) is 53.8 Å². The molecule has 0 saturated carbocycles. The number of hydrogen-bond acceptors (Lipinski definition) is 3. The summed E-state index contributed by atoms with van der Waals surface area (Å²) in [5.74, 6) is -2.11. The quantitative estimate of drug-likeness (QED) is 0.772. The number of halogens is 3. The molecule has 1 saturated heterocycles. The zero-order chi connectivity index (χ0) is 14.0. The second-order valence-corrected chi connectivity index (χ2v) is 4.06. The van der Waals surface area contributed by atoms with E-state index in [1.165, 1.54) is 17.2 Å². The first kappa shape index (κ1) is 13.4. The number of furan rings is 1. The fourth-order valence-electron chi connectivity index (χ4n) is 1.85. The van der Waals surface area contributed by atoms with Crippen molar-refractivity contribution in [3.05, 3.63) is 24.2 Å². The summed E-state index contributed by atoms with van der Waals surface area (Å²) in [7, 11) is 0. The third-order valence-corrected chi connectivity index (χ3v) is 2.83.